The second kappa shape index (κ2) is 4.53. The Morgan fingerprint density at radius 2 is 2.00 bits per heavy atom. The van der Waals surface area contributed by atoms with Crippen LogP contribution in [0, 0.1) is 11.3 Å². The number of halogens is 5. The average molecular weight is 252 g/mol. The van der Waals surface area contributed by atoms with Gasteiger partial charge in [0, 0.05) is 6.20 Å². The molecular formula is C9H5F5N2O. The molecule has 3 nitrogen and oxygen atoms in total. The molecule has 0 amide bonds. The van der Waals surface area contributed by atoms with Crippen molar-refractivity contribution in [1.82, 2.24) is 4.98 Å². The number of hydrogen-bond donors (Lipinski definition) is 1. The fraction of sp³-hybridized carbons (Fsp3) is 0.333. The summed E-state index contributed by atoms with van der Waals surface area (Å²) >= 11 is 0. The van der Waals surface area contributed by atoms with Gasteiger partial charge in [-0.15, -0.1) is 0 Å². The molecule has 0 saturated carbocycles. The molecule has 0 spiro atoms. The Hall–Kier alpha value is -1.91. The zero-order chi connectivity index (χ0) is 13.2. The minimum atomic E-state index is -5.04. The number of nitrogens with zero attached hydrogens (tertiary/aromatic N) is 2. The maximum Gasteiger partial charge on any atom is 0.418 e. The van der Waals surface area contributed by atoms with Gasteiger partial charge < -0.3 is 5.11 Å². The van der Waals surface area contributed by atoms with Crippen molar-refractivity contribution in [2.45, 2.75) is 19.0 Å². The Bertz CT molecular complexity index is 464. The first-order valence-electron chi connectivity index (χ1n) is 4.22. The molecule has 1 aromatic heterocycles. The number of aromatic nitrogens is 1. The van der Waals surface area contributed by atoms with E-state index in [0.29, 0.717) is 0 Å². The standard InChI is InChI=1S/C9H5F5N2O/c10-8(11)6-4(9(12,13)14)3-16-5(1-2-15)7(6)17/h3,8,17H,1H2. The van der Waals surface area contributed by atoms with Crippen molar-refractivity contribution in [2.24, 2.45) is 0 Å². The molecular weight excluding hydrogens is 247 g/mol. The number of alkyl halides is 5. The van der Waals surface area contributed by atoms with Crippen molar-refractivity contribution in [3.05, 3.63) is 23.0 Å². The largest absolute Gasteiger partial charge is 0.505 e. The minimum Gasteiger partial charge on any atom is -0.505 e. The fourth-order valence-corrected chi connectivity index (χ4v) is 1.21. The Labute approximate surface area is 92.1 Å². The Morgan fingerprint density at radius 1 is 1.41 bits per heavy atom. The molecule has 0 atom stereocenters. The molecule has 0 bridgehead atoms. The number of nitriles is 1. The normalized spacial score (nSPS) is 11.6. The molecule has 1 heterocycles. The monoisotopic (exact) mass is 252 g/mol. The van der Waals surface area contributed by atoms with Crippen molar-refractivity contribution in [3.8, 4) is 11.8 Å². The third kappa shape index (κ3) is 2.61. The Kier molecular flexibility index (Phi) is 3.50. The zero-order valence-corrected chi connectivity index (χ0v) is 8.09. The fourth-order valence-electron chi connectivity index (χ4n) is 1.21. The number of rotatable bonds is 2. The van der Waals surface area contributed by atoms with Crippen LogP contribution >= 0.6 is 0 Å². The molecule has 8 heteroatoms. The summed E-state index contributed by atoms with van der Waals surface area (Å²) in [6.45, 7) is 0. The SMILES string of the molecule is N#CCc1ncc(C(F)(F)F)c(C(F)F)c1O. The van der Waals surface area contributed by atoms with E-state index in [4.69, 9.17) is 5.26 Å². The third-order valence-corrected chi connectivity index (χ3v) is 1.94. The van der Waals surface area contributed by atoms with E-state index in [-0.39, 0.29) is 6.20 Å². The van der Waals surface area contributed by atoms with Crippen LogP contribution in [0.25, 0.3) is 0 Å². The number of pyridine rings is 1. The van der Waals surface area contributed by atoms with Crippen LogP contribution in [0.2, 0.25) is 0 Å². The molecule has 0 aromatic carbocycles. The second-order valence-electron chi connectivity index (χ2n) is 3.01. The van der Waals surface area contributed by atoms with E-state index in [1.54, 1.807) is 0 Å². The zero-order valence-electron chi connectivity index (χ0n) is 8.09. The van der Waals surface area contributed by atoms with Gasteiger partial charge in [-0.2, -0.15) is 18.4 Å². The van der Waals surface area contributed by atoms with Gasteiger partial charge in [-0.3, -0.25) is 4.98 Å². The summed E-state index contributed by atoms with van der Waals surface area (Å²) in [4.78, 5) is 3.15. The van der Waals surface area contributed by atoms with Crippen LogP contribution in [0.3, 0.4) is 0 Å². The van der Waals surface area contributed by atoms with Crippen LogP contribution in [0.1, 0.15) is 23.2 Å². The molecule has 0 aliphatic heterocycles. The van der Waals surface area contributed by atoms with Gasteiger partial charge in [-0.05, 0) is 0 Å². The van der Waals surface area contributed by atoms with Gasteiger partial charge in [0.25, 0.3) is 6.43 Å². The minimum absolute atomic E-state index is 0.188. The summed E-state index contributed by atoms with van der Waals surface area (Å²) in [5.74, 6) is -1.28. The van der Waals surface area contributed by atoms with Crippen LogP contribution in [0.5, 0.6) is 5.75 Å². The molecule has 0 fully saturated rings. The molecule has 0 radical (unpaired) electrons. The van der Waals surface area contributed by atoms with Gasteiger partial charge in [-0.25, -0.2) is 8.78 Å². The molecule has 92 valence electrons. The lowest BCUT2D eigenvalue weighted by atomic mass is 10.1. The van der Waals surface area contributed by atoms with Crippen LogP contribution < -0.4 is 0 Å². The van der Waals surface area contributed by atoms with Crippen molar-refractivity contribution in [2.75, 3.05) is 0 Å². The molecule has 0 saturated heterocycles. The first-order chi connectivity index (χ1) is 7.79. The topological polar surface area (TPSA) is 56.9 Å². The van der Waals surface area contributed by atoms with Crippen molar-refractivity contribution in [1.29, 1.82) is 5.26 Å². The van der Waals surface area contributed by atoms with E-state index in [2.05, 4.69) is 4.98 Å². The molecule has 0 unspecified atom stereocenters. The average Bonchev–Trinajstić information content (AvgIpc) is 2.18. The summed E-state index contributed by atoms with van der Waals surface area (Å²) in [5.41, 5.74) is -3.75. The Morgan fingerprint density at radius 3 is 2.41 bits per heavy atom. The maximum atomic E-state index is 12.5. The lowest BCUT2D eigenvalue weighted by Crippen LogP contribution is -2.12. The van der Waals surface area contributed by atoms with E-state index < -0.39 is 41.6 Å². The predicted molar refractivity (Wildman–Crippen MR) is 45.2 cm³/mol. The number of hydrogen-bond acceptors (Lipinski definition) is 3. The lowest BCUT2D eigenvalue weighted by Gasteiger charge is -2.14. The molecule has 0 aliphatic carbocycles. The first-order valence-corrected chi connectivity index (χ1v) is 4.22. The van der Waals surface area contributed by atoms with Crippen LogP contribution in [0.4, 0.5) is 22.0 Å². The van der Waals surface area contributed by atoms with Crippen LogP contribution in [0.15, 0.2) is 6.20 Å². The first kappa shape index (κ1) is 13.2. The summed E-state index contributed by atoms with van der Waals surface area (Å²) in [6.07, 6.45) is -8.91. The Balaban J connectivity index is 3.46. The highest BCUT2D eigenvalue weighted by molar-refractivity contribution is 5.44. The maximum absolute atomic E-state index is 12.5. The highest BCUT2D eigenvalue weighted by Crippen LogP contribution is 2.41. The highest BCUT2D eigenvalue weighted by Gasteiger charge is 2.38. The van der Waals surface area contributed by atoms with Crippen molar-refractivity contribution >= 4 is 0 Å². The van der Waals surface area contributed by atoms with Gasteiger partial charge in [0.05, 0.1) is 29.3 Å². The van der Waals surface area contributed by atoms with Crippen molar-refractivity contribution in [3.63, 3.8) is 0 Å². The predicted octanol–water partition coefficient (Wildman–Crippen LogP) is 2.81. The van der Waals surface area contributed by atoms with Crippen LogP contribution in [-0.2, 0) is 12.6 Å². The molecule has 1 rings (SSSR count). The van der Waals surface area contributed by atoms with Gasteiger partial charge in [0.1, 0.15) is 5.75 Å². The third-order valence-electron chi connectivity index (χ3n) is 1.94. The van der Waals surface area contributed by atoms with Crippen LogP contribution in [-0.4, -0.2) is 10.1 Å². The van der Waals surface area contributed by atoms with E-state index >= 15 is 0 Å². The van der Waals surface area contributed by atoms with E-state index in [1.165, 1.54) is 6.07 Å². The summed E-state index contributed by atoms with van der Waals surface area (Å²) in [6, 6.07) is 1.50. The van der Waals surface area contributed by atoms with E-state index in [1.807, 2.05) is 0 Å². The molecule has 1 aromatic rings. The van der Waals surface area contributed by atoms with E-state index in [9.17, 15) is 27.1 Å². The lowest BCUT2D eigenvalue weighted by molar-refractivity contribution is -0.140. The summed E-state index contributed by atoms with van der Waals surface area (Å²) in [5, 5.41) is 17.5. The second-order valence-corrected chi connectivity index (χ2v) is 3.01. The van der Waals surface area contributed by atoms with Gasteiger partial charge in [0.15, 0.2) is 0 Å². The van der Waals surface area contributed by atoms with Gasteiger partial charge >= 0.3 is 6.18 Å². The number of aromatic hydroxyl groups is 1. The smallest absolute Gasteiger partial charge is 0.418 e. The van der Waals surface area contributed by atoms with Gasteiger partial charge in [0.2, 0.25) is 0 Å². The molecule has 0 aliphatic rings. The quantitative estimate of drug-likeness (QED) is 0.823. The summed E-state index contributed by atoms with van der Waals surface area (Å²) < 4.78 is 62.0. The van der Waals surface area contributed by atoms with Crippen molar-refractivity contribution < 1.29 is 27.1 Å². The van der Waals surface area contributed by atoms with Gasteiger partial charge in [-0.1, -0.05) is 0 Å². The summed E-state index contributed by atoms with van der Waals surface area (Å²) in [7, 11) is 0. The molecule has 1 N–H and O–H groups in total. The molecule has 17 heavy (non-hydrogen) atoms. The van der Waals surface area contributed by atoms with E-state index in [0.717, 1.165) is 0 Å². The highest BCUT2D eigenvalue weighted by atomic mass is 19.4.